The summed E-state index contributed by atoms with van der Waals surface area (Å²) < 4.78 is 29.8. The van der Waals surface area contributed by atoms with E-state index in [1.807, 2.05) is 0 Å². The van der Waals surface area contributed by atoms with Crippen LogP contribution in [0.3, 0.4) is 0 Å². The second-order valence-electron chi connectivity index (χ2n) is 2.80. The summed E-state index contributed by atoms with van der Waals surface area (Å²) in [6.45, 7) is 0. The molecule has 0 aliphatic carbocycles. The highest BCUT2D eigenvalue weighted by molar-refractivity contribution is 5.94. The van der Waals surface area contributed by atoms with Crippen molar-refractivity contribution in [1.82, 2.24) is 4.98 Å². The average Bonchev–Trinajstić information content (AvgIpc) is 2.26. The number of carboxylic acids is 1. The van der Waals surface area contributed by atoms with Crippen molar-refractivity contribution in [3.63, 3.8) is 0 Å². The van der Waals surface area contributed by atoms with Crippen LogP contribution in [0.15, 0.2) is 6.20 Å². The van der Waals surface area contributed by atoms with Gasteiger partial charge < -0.3 is 9.84 Å². The highest BCUT2D eigenvalue weighted by Gasteiger charge is 2.32. The molecule has 9 heteroatoms. The number of ether oxygens (including phenoxy) is 1. The van der Waals surface area contributed by atoms with E-state index in [0.29, 0.717) is 6.20 Å². The van der Waals surface area contributed by atoms with E-state index >= 15 is 0 Å². The van der Waals surface area contributed by atoms with Crippen LogP contribution in [0.5, 0.6) is 5.88 Å². The molecule has 0 saturated heterocycles. The van der Waals surface area contributed by atoms with Crippen molar-refractivity contribution in [1.29, 1.82) is 0 Å². The number of hydrogen-bond acceptors (Lipinski definition) is 5. The van der Waals surface area contributed by atoms with Gasteiger partial charge in [-0.3, -0.25) is 10.1 Å². The van der Waals surface area contributed by atoms with Gasteiger partial charge in [0.15, 0.2) is 5.56 Å². The molecule has 0 amide bonds. The van der Waals surface area contributed by atoms with Crippen LogP contribution < -0.4 is 4.74 Å². The Bertz CT molecular complexity index is 477. The number of hydrogen-bond donors (Lipinski definition) is 1. The first-order valence-electron chi connectivity index (χ1n) is 4.12. The Labute approximate surface area is 92.8 Å². The van der Waals surface area contributed by atoms with Gasteiger partial charge in [-0.15, -0.1) is 0 Å². The fraction of sp³-hybridized carbons (Fsp3) is 0.250. The van der Waals surface area contributed by atoms with Gasteiger partial charge in [0.2, 0.25) is 5.88 Å². The van der Waals surface area contributed by atoms with E-state index in [9.17, 15) is 23.7 Å². The quantitative estimate of drug-likeness (QED) is 0.641. The Kier molecular flexibility index (Phi) is 3.51. The van der Waals surface area contributed by atoms with Crippen LogP contribution in [0.25, 0.3) is 0 Å². The normalized spacial score (nSPS) is 10.4. The first-order chi connectivity index (χ1) is 7.90. The summed E-state index contributed by atoms with van der Waals surface area (Å²) in [5, 5.41) is 19.3. The van der Waals surface area contributed by atoms with Gasteiger partial charge in [-0.1, -0.05) is 0 Å². The molecule has 0 saturated carbocycles. The van der Waals surface area contributed by atoms with Gasteiger partial charge in [0.05, 0.1) is 12.0 Å². The molecule has 0 spiro atoms. The lowest BCUT2D eigenvalue weighted by atomic mass is 10.1. The van der Waals surface area contributed by atoms with E-state index in [4.69, 9.17) is 5.11 Å². The molecular weight excluding hydrogens is 242 g/mol. The summed E-state index contributed by atoms with van der Waals surface area (Å²) in [6, 6.07) is 0. The molecule has 1 rings (SSSR count). The number of pyridine rings is 1. The number of aromatic carboxylic acids is 1. The molecule has 1 aromatic heterocycles. The van der Waals surface area contributed by atoms with Crippen molar-refractivity contribution in [3.05, 3.63) is 27.4 Å². The Morgan fingerprint density at radius 3 is 2.59 bits per heavy atom. The Morgan fingerprint density at radius 2 is 2.24 bits per heavy atom. The number of aromatic nitrogens is 1. The van der Waals surface area contributed by atoms with Crippen LogP contribution in [0.4, 0.5) is 14.5 Å². The third-order valence-electron chi connectivity index (χ3n) is 1.88. The van der Waals surface area contributed by atoms with Crippen LogP contribution in [0.1, 0.15) is 22.3 Å². The average molecular weight is 248 g/mol. The van der Waals surface area contributed by atoms with Gasteiger partial charge in [0.25, 0.3) is 6.43 Å². The van der Waals surface area contributed by atoms with Gasteiger partial charge >= 0.3 is 11.7 Å². The Hall–Kier alpha value is -2.32. The summed E-state index contributed by atoms with van der Waals surface area (Å²) in [5.74, 6) is -2.49. The number of carbonyl (C=O) groups is 1. The topological polar surface area (TPSA) is 103 Å². The second-order valence-corrected chi connectivity index (χ2v) is 2.80. The summed E-state index contributed by atoms with van der Waals surface area (Å²) in [7, 11) is 1.01. The fourth-order valence-corrected chi connectivity index (χ4v) is 1.23. The van der Waals surface area contributed by atoms with Crippen LogP contribution in [0.2, 0.25) is 0 Å². The van der Waals surface area contributed by atoms with E-state index in [-0.39, 0.29) is 0 Å². The van der Waals surface area contributed by atoms with Crippen molar-refractivity contribution < 1.29 is 28.3 Å². The summed E-state index contributed by atoms with van der Waals surface area (Å²) >= 11 is 0. The number of methoxy groups -OCH3 is 1. The predicted molar refractivity (Wildman–Crippen MR) is 49.4 cm³/mol. The number of carboxylic acid groups (broad SMARTS) is 1. The molecule has 0 radical (unpaired) electrons. The Balaban J connectivity index is 3.65. The number of nitrogens with zero attached hydrogens (tertiary/aromatic N) is 2. The minimum Gasteiger partial charge on any atom is -0.481 e. The van der Waals surface area contributed by atoms with Crippen molar-refractivity contribution in [2.24, 2.45) is 0 Å². The maximum Gasteiger partial charge on any atom is 0.343 e. The molecule has 0 fully saturated rings. The fourth-order valence-electron chi connectivity index (χ4n) is 1.23. The summed E-state index contributed by atoms with van der Waals surface area (Å²) in [6.07, 6.45) is -2.68. The van der Waals surface area contributed by atoms with Crippen molar-refractivity contribution >= 4 is 11.7 Å². The molecule has 0 unspecified atom stereocenters. The molecule has 0 atom stereocenters. The lowest BCUT2D eigenvalue weighted by molar-refractivity contribution is -0.385. The smallest absolute Gasteiger partial charge is 0.343 e. The highest BCUT2D eigenvalue weighted by atomic mass is 19.3. The Morgan fingerprint density at radius 1 is 1.65 bits per heavy atom. The number of halogens is 2. The van der Waals surface area contributed by atoms with Crippen LogP contribution >= 0.6 is 0 Å². The zero-order valence-corrected chi connectivity index (χ0v) is 8.39. The molecule has 7 nitrogen and oxygen atoms in total. The molecule has 0 aliphatic rings. The minimum absolute atomic E-state index is 0.564. The van der Waals surface area contributed by atoms with Gasteiger partial charge in [-0.25, -0.2) is 18.6 Å². The van der Waals surface area contributed by atoms with Crippen molar-refractivity contribution in [3.8, 4) is 5.88 Å². The first kappa shape index (κ1) is 12.7. The third kappa shape index (κ3) is 2.27. The first-order valence-corrected chi connectivity index (χ1v) is 4.12. The largest absolute Gasteiger partial charge is 0.481 e. The van der Waals surface area contributed by atoms with E-state index < -0.39 is 40.0 Å². The number of nitro groups is 1. The van der Waals surface area contributed by atoms with Crippen LogP contribution in [0, 0.1) is 10.1 Å². The summed E-state index contributed by atoms with van der Waals surface area (Å²) in [4.78, 5) is 23.5. The standard InChI is InChI=1S/C8H6F2N2O5/c1-17-7-5(6(9)10)4(8(13)14)3(2-11-7)12(15)16/h2,6H,1H3,(H,13,14). The highest BCUT2D eigenvalue weighted by Crippen LogP contribution is 2.35. The second kappa shape index (κ2) is 4.68. The van der Waals surface area contributed by atoms with E-state index in [1.54, 1.807) is 0 Å². The predicted octanol–water partition coefficient (Wildman–Crippen LogP) is 1.63. The SMILES string of the molecule is COc1ncc([N+](=O)[O-])c(C(=O)O)c1C(F)F. The third-order valence-corrected chi connectivity index (χ3v) is 1.88. The zero-order valence-electron chi connectivity index (χ0n) is 8.39. The number of alkyl halides is 2. The molecule has 1 N–H and O–H groups in total. The van der Waals surface area contributed by atoms with Gasteiger partial charge in [-0.2, -0.15) is 0 Å². The monoisotopic (exact) mass is 248 g/mol. The molecule has 1 heterocycles. The van der Waals surface area contributed by atoms with Crippen molar-refractivity contribution in [2.45, 2.75) is 6.43 Å². The van der Waals surface area contributed by atoms with E-state index in [2.05, 4.69) is 9.72 Å². The molecule has 17 heavy (non-hydrogen) atoms. The molecule has 92 valence electrons. The van der Waals surface area contributed by atoms with Crippen LogP contribution in [-0.2, 0) is 0 Å². The van der Waals surface area contributed by atoms with E-state index in [1.165, 1.54) is 0 Å². The molecule has 0 aliphatic heterocycles. The maximum atomic E-state index is 12.7. The van der Waals surface area contributed by atoms with E-state index in [0.717, 1.165) is 7.11 Å². The zero-order chi connectivity index (χ0) is 13.2. The molecular formula is C8H6F2N2O5. The molecule has 0 aromatic carbocycles. The lowest BCUT2D eigenvalue weighted by Gasteiger charge is -2.09. The van der Waals surface area contributed by atoms with Gasteiger partial charge in [-0.05, 0) is 0 Å². The lowest BCUT2D eigenvalue weighted by Crippen LogP contribution is -2.10. The van der Waals surface area contributed by atoms with Gasteiger partial charge in [0, 0.05) is 0 Å². The minimum atomic E-state index is -3.25. The maximum absolute atomic E-state index is 12.7. The van der Waals surface area contributed by atoms with Gasteiger partial charge in [0.1, 0.15) is 11.8 Å². The van der Waals surface area contributed by atoms with Crippen molar-refractivity contribution in [2.75, 3.05) is 7.11 Å². The van der Waals surface area contributed by atoms with Crippen LogP contribution in [-0.4, -0.2) is 28.1 Å². The summed E-state index contributed by atoms with van der Waals surface area (Å²) in [5.41, 5.74) is -3.22. The molecule has 1 aromatic rings. The molecule has 0 bridgehead atoms. The number of rotatable bonds is 4.